The molecule has 20 heavy (non-hydrogen) atoms. The SMILES string of the molecule is CC(=O)N(CCc1cccc(Cl)c1)CC(=O)NC(C)C. The Labute approximate surface area is 125 Å². The number of nitrogens with zero attached hydrogens (tertiary/aromatic N) is 1. The van der Waals surface area contributed by atoms with E-state index in [1.165, 1.54) is 6.92 Å². The summed E-state index contributed by atoms with van der Waals surface area (Å²) >= 11 is 5.92. The van der Waals surface area contributed by atoms with Gasteiger partial charge in [-0.1, -0.05) is 23.7 Å². The summed E-state index contributed by atoms with van der Waals surface area (Å²) in [6.07, 6.45) is 0.676. The summed E-state index contributed by atoms with van der Waals surface area (Å²) in [4.78, 5) is 24.8. The molecule has 1 N–H and O–H groups in total. The Morgan fingerprint density at radius 2 is 2.05 bits per heavy atom. The second kappa shape index (κ2) is 7.90. The molecule has 0 atom stereocenters. The number of benzene rings is 1. The molecule has 4 nitrogen and oxygen atoms in total. The lowest BCUT2D eigenvalue weighted by Gasteiger charge is -2.21. The Hall–Kier alpha value is -1.55. The van der Waals surface area contributed by atoms with Gasteiger partial charge in [-0.3, -0.25) is 9.59 Å². The zero-order valence-corrected chi connectivity index (χ0v) is 12.9. The highest BCUT2D eigenvalue weighted by molar-refractivity contribution is 6.30. The molecule has 0 heterocycles. The number of carbonyl (C=O) groups is 2. The van der Waals surface area contributed by atoms with Gasteiger partial charge in [-0.25, -0.2) is 0 Å². The van der Waals surface area contributed by atoms with Gasteiger partial charge in [0.05, 0.1) is 6.54 Å². The third-order valence-electron chi connectivity index (χ3n) is 2.79. The number of halogens is 1. The van der Waals surface area contributed by atoms with Gasteiger partial charge in [-0.2, -0.15) is 0 Å². The Morgan fingerprint density at radius 1 is 1.35 bits per heavy atom. The average Bonchev–Trinajstić information content (AvgIpc) is 2.33. The molecule has 0 aliphatic heterocycles. The van der Waals surface area contributed by atoms with Gasteiger partial charge in [-0.15, -0.1) is 0 Å². The van der Waals surface area contributed by atoms with Crippen molar-refractivity contribution in [2.24, 2.45) is 0 Å². The highest BCUT2D eigenvalue weighted by Gasteiger charge is 2.14. The molecule has 0 saturated carbocycles. The molecule has 0 aliphatic carbocycles. The van der Waals surface area contributed by atoms with Gasteiger partial charge >= 0.3 is 0 Å². The number of hydrogen-bond donors (Lipinski definition) is 1. The quantitative estimate of drug-likeness (QED) is 0.875. The van der Waals surface area contributed by atoms with Crippen LogP contribution in [0.5, 0.6) is 0 Å². The van der Waals surface area contributed by atoms with Gasteiger partial charge in [0.2, 0.25) is 11.8 Å². The minimum absolute atomic E-state index is 0.0734. The van der Waals surface area contributed by atoms with Crippen LogP contribution in [0.3, 0.4) is 0 Å². The summed E-state index contributed by atoms with van der Waals surface area (Å²) in [5, 5.41) is 3.46. The van der Waals surface area contributed by atoms with Crippen LogP contribution in [-0.4, -0.2) is 35.8 Å². The van der Waals surface area contributed by atoms with Crippen LogP contribution < -0.4 is 5.32 Å². The van der Waals surface area contributed by atoms with Crippen LogP contribution >= 0.6 is 11.6 Å². The molecule has 0 radical (unpaired) electrons. The van der Waals surface area contributed by atoms with E-state index in [-0.39, 0.29) is 24.4 Å². The molecular weight excluding hydrogens is 276 g/mol. The van der Waals surface area contributed by atoms with Crippen molar-refractivity contribution in [1.29, 1.82) is 0 Å². The fraction of sp³-hybridized carbons (Fsp3) is 0.467. The minimum atomic E-state index is -0.138. The van der Waals surface area contributed by atoms with E-state index < -0.39 is 0 Å². The van der Waals surface area contributed by atoms with Crippen LogP contribution in [0.25, 0.3) is 0 Å². The Bertz CT molecular complexity index is 475. The fourth-order valence-corrected chi connectivity index (χ4v) is 2.06. The van der Waals surface area contributed by atoms with E-state index in [1.54, 1.807) is 4.90 Å². The topological polar surface area (TPSA) is 49.4 Å². The number of nitrogens with one attached hydrogen (secondary N) is 1. The molecule has 0 spiro atoms. The number of amides is 2. The second-order valence-corrected chi connectivity index (χ2v) is 5.48. The lowest BCUT2D eigenvalue weighted by molar-refractivity contribution is -0.134. The van der Waals surface area contributed by atoms with Gasteiger partial charge in [0.1, 0.15) is 0 Å². The third kappa shape index (κ3) is 6.06. The van der Waals surface area contributed by atoms with E-state index in [9.17, 15) is 9.59 Å². The predicted molar refractivity (Wildman–Crippen MR) is 80.7 cm³/mol. The van der Waals surface area contributed by atoms with Crippen LogP contribution in [0, 0.1) is 0 Å². The summed E-state index contributed by atoms with van der Waals surface area (Å²) < 4.78 is 0. The molecule has 0 unspecified atom stereocenters. The predicted octanol–water partition coefficient (Wildman–Crippen LogP) is 2.26. The summed E-state index contributed by atoms with van der Waals surface area (Å²) in [6.45, 7) is 5.85. The van der Waals surface area contributed by atoms with Gasteiger partial charge in [-0.05, 0) is 38.0 Å². The maximum absolute atomic E-state index is 11.7. The smallest absolute Gasteiger partial charge is 0.239 e. The lowest BCUT2D eigenvalue weighted by atomic mass is 10.1. The first-order valence-electron chi connectivity index (χ1n) is 6.68. The molecular formula is C15H21ClN2O2. The van der Waals surface area contributed by atoms with Gasteiger partial charge in [0, 0.05) is 24.5 Å². The van der Waals surface area contributed by atoms with Crippen molar-refractivity contribution in [3.63, 3.8) is 0 Å². The van der Waals surface area contributed by atoms with Crippen LogP contribution in [0.4, 0.5) is 0 Å². The molecule has 0 bridgehead atoms. The average molecular weight is 297 g/mol. The van der Waals surface area contributed by atoms with E-state index in [1.807, 2.05) is 38.1 Å². The molecule has 5 heteroatoms. The Kier molecular flexibility index (Phi) is 6.52. The van der Waals surface area contributed by atoms with Crippen LogP contribution in [0.2, 0.25) is 5.02 Å². The van der Waals surface area contributed by atoms with E-state index in [2.05, 4.69) is 5.32 Å². The van der Waals surface area contributed by atoms with Crippen molar-refractivity contribution in [2.45, 2.75) is 33.2 Å². The Balaban J connectivity index is 2.55. The van der Waals surface area contributed by atoms with Crippen LogP contribution in [0.15, 0.2) is 24.3 Å². The van der Waals surface area contributed by atoms with Crippen LogP contribution in [0.1, 0.15) is 26.3 Å². The second-order valence-electron chi connectivity index (χ2n) is 5.04. The van der Waals surface area contributed by atoms with E-state index in [4.69, 9.17) is 11.6 Å². The first-order chi connectivity index (χ1) is 9.38. The third-order valence-corrected chi connectivity index (χ3v) is 3.02. The molecule has 1 aromatic carbocycles. The van der Waals surface area contributed by atoms with E-state index >= 15 is 0 Å². The summed E-state index contributed by atoms with van der Waals surface area (Å²) in [5.41, 5.74) is 1.05. The zero-order valence-electron chi connectivity index (χ0n) is 12.1. The van der Waals surface area contributed by atoms with E-state index in [0.717, 1.165) is 5.56 Å². The standard InChI is InChI=1S/C15H21ClN2O2/c1-11(2)17-15(20)10-18(12(3)19)8-7-13-5-4-6-14(16)9-13/h4-6,9,11H,7-8,10H2,1-3H3,(H,17,20). The maximum Gasteiger partial charge on any atom is 0.239 e. The zero-order chi connectivity index (χ0) is 15.1. The van der Waals surface area contributed by atoms with Crippen molar-refractivity contribution >= 4 is 23.4 Å². The van der Waals surface area contributed by atoms with E-state index in [0.29, 0.717) is 18.0 Å². The fourth-order valence-electron chi connectivity index (χ4n) is 1.85. The van der Waals surface area contributed by atoms with Crippen molar-refractivity contribution in [3.8, 4) is 0 Å². The highest BCUT2D eigenvalue weighted by atomic mass is 35.5. The molecule has 1 aromatic rings. The van der Waals surface area contributed by atoms with Crippen molar-refractivity contribution in [1.82, 2.24) is 10.2 Å². The van der Waals surface area contributed by atoms with Crippen LogP contribution in [-0.2, 0) is 16.0 Å². The van der Waals surface area contributed by atoms with Crippen molar-refractivity contribution in [2.75, 3.05) is 13.1 Å². The van der Waals surface area contributed by atoms with Gasteiger partial charge < -0.3 is 10.2 Å². The lowest BCUT2D eigenvalue weighted by Crippen LogP contribution is -2.42. The first kappa shape index (κ1) is 16.5. The summed E-state index contributed by atoms with van der Waals surface area (Å²) in [6, 6.07) is 7.58. The van der Waals surface area contributed by atoms with Crippen molar-refractivity contribution < 1.29 is 9.59 Å². The molecule has 0 aliphatic rings. The largest absolute Gasteiger partial charge is 0.352 e. The van der Waals surface area contributed by atoms with Gasteiger partial charge in [0.25, 0.3) is 0 Å². The van der Waals surface area contributed by atoms with Crippen molar-refractivity contribution in [3.05, 3.63) is 34.9 Å². The highest BCUT2D eigenvalue weighted by Crippen LogP contribution is 2.11. The van der Waals surface area contributed by atoms with Gasteiger partial charge in [0.15, 0.2) is 0 Å². The molecule has 0 saturated heterocycles. The maximum atomic E-state index is 11.7. The molecule has 0 fully saturated rings. The monoisotopic (exact) mass is 296 g/mol. The molecule has 0 aromatic heterocycles. The minimum Gasteiger partial charge on any atom is -0.352 e. The number of hydrogen-bond acceptors (Lipinski definition) is 2. The summed E-state index contributed by atoms with van der Waals surface area (Å²) in [5.74, 6) is -0.243. The normalized spacial score (nSPS) is 10.4. The molecule has 110 valence electrons. The summed E-state index contributed by atoms with van der Waals surface area (Å²) in [7, 11) is 0. The molecule has 1 rings (SSSR count). The Morgan fingerprint density at radius 3 is 2.60 bits per heavy atom. The first-order valence-corrected chi connectivity index (χ1v) is 7.05. The molecule has 2 amide bonds. The number of carbonyl (C=O) groups excluding carboxylic acids is 2. The number of rotatable bonds is 6.